The number of hydrogen-bond acceptors (Lipinski definition) is 4. The SMILES string of the molecule is CCCCCCCCCOc1ccc(-c2cnc(SCCCCCCCCC)nc2)cc1. The van der Waals surface area contributed by atoms with E-state index in [4.69, 9.17) is 4.74 Å². The number of hydrogen-bond donors (Lipinski definition) is 0. The fourth-order valence-corrected chi connectivity index (χ4v) is 4.54. The molecule has 0 saturated carbocycles. The molecule has 0 spiro atoms. The summed E-state index contributed by atoms with van der Waals surface area (Å²) in [5, 5.41) is 0.884. The van der Waals surface area contributed by atoms with Gasteiger partial charge >= 0.3 is 0 Å². The van der Waals surface area contributed by atoms with Gasteiger partial charge in [0.05, 0.1) is 6.61 Å². The molecule has 1 heterocycles. The summed E-state index contributed by atoms with van der Waals surface area (Å²) in [6.45, 7) is 5.34. The monoisotopic (exact) mass is 456 g/mol. The van der Waals surface area contributed by atoms with E-state index in [1.54, 1.807) is 11.8 Å². The van der Waals surface area contributed by atoms with E-state index >= 15 is 0 Å². The quantitative estimate of drug-likeness (QED) is 0.120. The summed E-state index contributed by atoms with van der Waals surface area (Å²) in [5.74, 6) is 2.06. The van der Waals surface area contributed by atoms with Crippen molar-refractivity contribution in [3.8, 4) is 16.9 Å². The normalized spacial score (nSPS) is 11.1. The number of benzene rings is 1. The van der Waals surface area contributed by atoms with Gasteiger partial charge in [0.15, 0.2) is 5.16 Å². The molecule has 32 heavy (non-hydrogen) atoms. The van der Waals surface area contributed by atoms with E-state index < -0.39 is 0 Å². The first-order valence-corrected chi connectivity index (χ1v) is 14.0. The Bertz CT molecular complexity index is 626. The smallest absolute Gasteiger partial charge is 0.187 e. The summed E-state index contributed by atoms with van der Waals surface area (Å²) in [5.41, 5.74) is 2.20. The van der Waals surface area contributed by atoms with E-state index in [-0.39, 0.29) is 0 Å². The molecule has 0 aliphatic rings. The van der Waals surface area contributed by atoms with Gasteiger partial charge in [-0.15, -0.1) is 0 Å². The molecular weight excluding hydrogens is 412 g/mol. The molecule has 0 amide bonds. The molecule has 4 heteroatoms. The molecule has 0 N–H and O–H groups in total. The highest BCUT2D eigenvalue weighted by Gasteiger charge is 2.03. The highest BCUT2D eigenvalue weighted by molar-refractivity contribution is 7.99. The minimum Gasteiger partial charge on any atom is -0.494 e. The van der Waals surface area contributed by atoms with Crippen molar-refractivity contribution in [2.45, 2.75) is 109 Å². The van der Waals surface area contributed by atoms with E-state index in [2.05, 4.69) is 48.1 Å². The third kappa shape index (κ3) is 11.9. The van der Waals surface area contributed by atoms with Crippen molar-refractivity contribution in [1.29, 1.82) is 0 Å². The lowest BCUT2D eigenvalue weighted by Crippen LogP contribution is -1.97. The molecule has 3 nitrogen and oxygen atoms in total. The van der Waals surface area contributed by atoms with Crippen molar-refractivity contribution in [3.63, 3.8) is 0 Å². The Morgan fingerprint density at radius 3 is 1.75 bits per heavy atom. The van der Waals surface area contributed by atoms with Gasteiger partial charge in [0.2, 0.25) is 0 Å². The van der Waals surface area contributed by atoms with Crippen LogP contribution in [0.1, 0.15) is 104 Å². The van der Waals surface area contributed by atoms with Crippen LogP contribution in [0.2, 0.25) is 0 Å². The summed E-state index contributed by atoms with van der Waals surface area (Å²) in [6, 6.07) is 8.31. The Morgan fingerprint density at radius 2 is 1.16 bits per heavy atom. The Hall–Kier alpha value is -1.55. The van der Waals surface area contributed by atoms with Crippen LogP contribution in [-0.4, -0.2) is 22.3 Å². The molecule has 178 valence electrons. The van der Waals surface area contributed by atoms with Crippen LogP contribution in [0.5, 0.6) is 5.75 Å². The highest BCUT2D eigenvalue weighted by Crippen LogP contribution is 2.23. The fraction of sp³-hybridized carbons (Fsp3) is 0.643. The summed E-state index contributed by atoms with van der Waals surface area (Å²) >= 11 is 1.77. The predicted octanol–water partition coefficient (Wildman–Crippen LogP) is 9.12. The Kier molecular flexibility index (Phi) is 15.0. The summed E-state index contributed by atoms with van der Waals surface area (Å²) < 4.78 is 5.90. The minimum absolute atomic E-state index is 0.806. The number of ether oxygens (including phenoxy) is 1. The number of aromatic nitrogens is 2. The highest BCUT2D eigenvalue weighted by atomic mass is 32.2. The Labute approximate surface area is 201 Å². The van der Waals surface area contributed by atoms with Gasteiger partial charge in [-0.1, -0.05) is 115 Å². The van der Waals surface area contributed by atoms with Gasteiger partial charge in [-0.25, -0.2) is 9.97 Å². The molecule has 0 atom stereocenters. The first-order chi connectivity index (χ1) is 15.8. The van der Waals surface area contributed by atoms with Crippen molar-refractivity contribution in [3.05, 3.63) is 36.7 Å². The van der Waals surface area contributed by atoms with Gasteiger partial charge in [-0.2, -0.15) is 0 Å². The lowest BCUT2D eigenvalue weighted by atomic mass is 10.1. The van der Waals surface area contributed by atoms with Crippen LogP contribution >= 0.6 is 11.8 Å². The van der Waals surface area contributed by atoms with Gasteiger partial charge in [-0.3, -0.25) is 0 Å². The zero-order valence-corrected chi connectivity index (χ0v) is 21.3. The third-order valence-electron chi connectivity index (χ3n) is 5.81. The molecule has 0 radical (unpaired) electrons. The maximum absolute atomic E-state index is 5.90. The molecule has 0 fully saturated rings. The fourth-order valence-electron chi connectivity index (χ4n) is 3.76. The zero-order valence-electron chi connectivity index (χ0n) is 20.5. The average Bonchev–Trinajstić information content (AvgIpc) is 2.83. The molecule has 2 aromatic rings. The van der Waals surface area contributed by atoms with Crippen LogP contribution in [0.15, 0.2) is 41.8 Å². The minimum atomic E-state index is 0.806. The molecule has 0 unspecified atom stereocenters. The first kappa shape index (κ1) is 26.7. The van der Waals surface area contributed by atoms with E-state index in [1.165, 1.54) is 83.5 Å². The van der Waals surface area contributed by atoms with E-state index in [9.17, 15) is 0 Å². The van der Waals surface area contributed by atoms with Crippen LogP contribution in [0.25, 0.3) is 11.1 Å². The second-order valence-corrected chi connectivity index (χ2v) is 9.78. The maximum atomic E-state index is 5.90. The maximum Gasteiger partial charge on any atom is 0.187 e. The van der Waals surface area contributed by atoms with Crippen molar-refractivity contribution < 1.29 is 4.74 Å². The lowest BCUT2D eigenvalue weighted by molar-refractivity contribution is 0.304. The molecule has 0 aliphatic carbocycles. The number of nitrogens with zero attached hydrogens (tertiary/aromatic N) is 2. The molecule has 2 rings (SSSR count). The Balaban J connectivity index is 1.61. The van der Waals surface area contributed by atoms with Crippen molar-refractivity contribution in [1.82, 2.24) is 9.97 Å². The van der Waals surface area contributed by atoms with Crippen LogP contribution < -0.4 is 4.74 Å². The summed E-state index contributed by atoms with van der Waals surface area (Å²) in [4.78, 5) is 9.11. The van der Waals surface area contributed by atoms with Gasteiger partial charge in [0, 0.05) is 23.7 Å². The number of rotatable bonds is 19. The summed E-state index contributed by atoms with van der Waals surface area (Å²) in [7, 11) is 0. The van der Waals surface area contributed by atoms with Crippen LogP contribution in [0.3, 0.4) is 0 Å². The van der Waals surface area contributed by atoms with E-state index in [1.807, 2.05) is 12.4 Å². The molecule has 0 bridgehead atoms. The molecule has 0 aliphatic heterocycles. The third-order valence-corrected chi connectivity index (χ3v) is 6.77. The lowest BCUT2D eigenvalue weighted by Gasteiger charge is -2.08. The predicted molar refractivity (Wildman–Crippen MR) is 140 cm³/mol. The van der Waals surface area contributed by atoms with Crippen LogP contribution in [0, 0.1) is 0 Å². The van der Waals surface area contributed by atoms with Gasteiger partial charge in [-0.05, 0) is 30.5 Å². The van der Waals surface area contributed by atoms with Gasteiger partial charge in [0.1, 0.15) is 5.75 Å². The van der Waals surface area contributed by atoms with Gasteiger partial charge < -0.3 is 4.74 Å². The number of unbranched alkanes of at least 4 members (excludes halogenated alkanes) is 12. The molecular formula is C28H44N2OS. The van der Waals surface area contributed by atoms with Crippen molar-refractivity contribution >= 4 is 11.8 Å². The van der Waals surface area contributed by atoms with Crippen molar-refractivity contribution in [2.75, 3.05) is 12.4 Å². The summed E-state index contributed by atoms with van der Waals surface area (Å²) in [6.07, 6.45) is 22.4. The van der Waals surface area contributed by atoms with Crippen molar-refractivity contribution in [2.24, 2.45) is 0 Å². The number of thioether (sulfide) groups is 1. The van der Waals surface area contributed by atoms with E-state index in [0.717, 1.165) is 40.8 Å². The second kappa shape index (κ2) is 17.9. The van der Waals surface area contributed by atoms with E-state index in [0.29, 0.717) is 0 Å². The molecule has 1 aromatic heterocycles. The standard InChI is InChI=1S/C28H44N2OS/c1-3-5-7-9-11-13-15-21-31-27-19-17-25(18-20-27)26-23-29-28(30-24-26)32-22-16-14-12-10-8-6-4-2/h17-20,23-24H,3-16,21-22H2,1-2H3. The first-order valence-electron chi connectivity index (χ1n) is 13.0. The zero-order chi connectivity index (χ0) is 22.7. The Morgan fingerprint density at radius 1 is 0.625 bits per heavy atom. The van der Waals surface area contributed by atoms with Gasteiger partial charge in [0.25, 0.3) is 0 Å². The average molecular weight is 457 g/mol. The second-order valence-electron chi connectivity index (χ2n) is 8.72. The van der Waals surface area contributed by atoms with Crippen LogP contribution in [-0.2, 0) is 0 Å². The topological polar surface area (TPSA) is 35.0 Å². The van der Waals surface area contributed by atoms with Crippen LogP contribution in [0.4, 0.5) is 0 Å². The molecule has 1 aromatic carbocycles. The molecule has 0 saturated heterocycles. The largest absolute Gasteiger partial charge is 0.494 e.